The number of amides is 6. The van der Waals surface area contributed by atoms with Gasteiger partial charge in [-0.3, -0.25) is 28.8 Å². The fourth-order valence-corrected chi connectivity index (χ4v) is 7.55. The topological polar surface area (TPSA) is 311 Å². The first-order chi connectivity index (χ1) is 26.0. The summed E-state index contributed by atoms with van der Waals surface area (Å²) in [4.78, 5) is 98.1. The maximum absolute atomic E-state index is 14.1. The normalized spacial score (nSPS) is 27.0. The van der Waals surface area contributed by atoms with Crippen LogP contribution in [-0.4, -0.2) is 140 Å². The van der Waals surface area contributed by atoms with Crippen molar-refractivity contribution in [1.82, 2.24) is 36.5 Å². The Kier molecular flexibility index (Phi) is 15.0. The van der Waals surface area contributed by atoms with E-state index in [0.717, 1.165) is 16.7 Å². The standard InChI is InChI=1S/C35H51N9O10S/c1-16(37)28(47)40-23-14-20-19-8-4-5-9-21(19)42-33(20)55-15-24(34(52)44-13-11-25(46)27(44)35(53)54)41-32(51)26(18(3)45)43-29(48)17(2)38-30(49)22(39-31(23)50)10-6-7-12-36/h4-5,8-9,16-18,22-27,42,45-46H,6-7,10-15,36-37H2,1-3H3,(H,38,49)(H,39,50)(H,40,47)(H,41,51)(H,43,48)(H,53,54)/t16-,17-,18+,22-,23-,24-,25-,26+,27-/m0/s1. The Labute approximate surface area is 321 Å². The number of carboxylic acids is 1. The number of para-hydroxylation sites is 1. The number of benzene rings is 1. The molecule has 0 radical (unpaired) electrons. The van der Waals surface area contributed by atoms with Crippen LogP contribution in [-0.2, 0) is 40.0 Å². The lowest BCUT2D eigenvalue weighted by Crippen LogP contribution is -2.61. The molecule has 2 aliphatic heterocycles. The van der Waals surface area contributed by atoms with Crippen LogP contribution in [0.1, 0.15) is 52.0 Å². The molecule has 20 heteroatoms. The third kappa shape index (κ3) is 10.7. The quantitative estimate of drug-likeness (QED) is 0.114. The molecular weight excluding hydrogens is 739 g/mol. The number of aromatic amines is 1. The SMILES string of the molecule is C[C@H](N)C(=O)N[C@H]1Cc2c([nH]c3ccccc23)SC[C@@H](C(=O)N2CC[C@H](O)[C@H]2C(=O)O)NC(=O)[C@@H]([C@@H](C)O)NC(=O)[C@H](C)NC(=O)[C@H](CCCCN)NC1=O. The third-order valence-corrected chi connectivity index (χ3v) is 10.7. The molecule has 2 aromatic rings. The Morgan fingerprint density at radius 3 is 2.36 bits per heavy atom. The van der Waals surface area contributed by atoms with Gasteiger partial charge in [-0.1, -0.05) is 18.2 Å². The van der Waals surface area contributed by atoms with E-state index in [1.807, 2.05) is 0 Å². The van der Waals surface area contributed by atoms with E-state index < -0.39 is 95.9 Å². The summed E-state index contributed by atoms with van der Waals surface area (Å²) in [5.41, 5.74) is 12.7. The number of likely N-dealkylation sites (tertiary alicyclic amines) is 1. The van der Waals surface area contributed by atoms with Crippen molar-refractivity contribution < 1.29 is 48.9 Å². The van der Waals surface area contributed by atoms with E-state index in [2.05, 4.69) is 31.6 Å². The lowest BCUT2D eigenvalue weighted by molar-refractivity contribution is -0.152. The number of hydrogen-bond acceptors (Lipinski definition) is 12. The van der Waals surface area contributed by atoms with Gasteiger partial charge in [0.1, 0.15) is 30.2 Å². The molecule has 1 aromatic heterocycles. The largest absolute Gasteiger partial charge is 0.480 e. The summed E-state index contributed by atoms with van der Waals surface area (Å²) in [6.07, 6.45) is -1.90. The van der Waals surface area contributed by atoms with Crippen LogP contribution in [0, 0.1) is 0 Å². The van der Waals surface area contributed by atoms with Crippen molar-refractivity contribution in [3.05, 3.63) is 29.8 Å². The van der Waals surface area contributed by atoms with Gasteiger partial charge in [0.25, 0.3) is 0 Å². The predicted molar refractivity (Wildman–Crippen MR) is 200 cm³/mol. The number of aromatic nitrogens is 1. The smallest absolute Gasteiger partial charge is 0.329 e. The van der Waals surface area contributed by atoms with Gasteiger partial charge in [-0.25, -0.2) is 4.79 Å². The molecule has 2 aliphatic rings. The average molecular weight is 790 g/mol. The first kappa shape index (κ1) is 43.0. The first-order valence-electron chi connectivity index (χ1n) is 18.1. The van der Waals surface area contributed by atoms with Crippen LogP contribution in [0.15, 0.2) is 29.3 Å². The van der Waals surface area contributed by atoms with Gasteiger partial charge in [-0.15, -0.1) is 11.8 Å². The molecule has 1 aromatic carbocycles. The molecule has 0 spiro atoms. The number of fused-ring (bicyclic) bond motifs is 3. The second-order valence-corrected chi connectivity index (χ2v) is 14.9. The maximum atomic E-state index is 14.1. The van der Waals surface area contributed by atoms with Crippen molar-refractivity contribution in [3.8, 4) is 0 Å². The van der Waals surface area contributed by atoms with Gasteiger partial charge >= 0.3 is 5.97 Å². The number of hydrogen-bond donors (Lipinski definition) is 11. The van der Waals surface area contributed by atoms with Crippen LogP contribution in [0.3, 0.4) is 0 Å². The van der Waals surface area contributed by atoms with Crippen LogP contribution in [0.4, 0.5) is 0 Å². The van der Waals surface area contributed by atoms with Crippen molar-refractivity contribution in [1.29, 1.82) is 0 Å². The fourth-order valence-electron chi connectivity index (χ4n) is 6.44. The van der Waals surface area contributed by atoms with Crippen molar-refractivity contribution >= 4 is 64.1 Å². The van der Waals surface area contributed by atoms with E-state index >= 15 is 0 Å². The number of aliphatic carboxylic acids is 1. The Balaban J connectivity index is 1.82. The van der Waals surface area contributed by atoms with Crippen LogP contribution >= 0.6 is 11.8 Å². The van der Waals surface area contributed by atoms with Gasteiger partial charge in [0.15, 0.2) is 6.04 Å². The van der Waals surface area contributed by atoms with E-state index in [1.54, 1.807) is 24.3 Å². The summed E-state index contributed by atoms with van der Waals surface area (Å²) >= 11 is 1.05. The number of carboxylic acid groups (broad SMARTS) is 1. The molecule has 1 saturated heterocycles. The van der Waals surface area contributed by atoms with Crippen LogP contribution in [0.5, 0.6) is 0 Å². The van der Waals surface area contributed by atoms with Crippen molar-refractivity contribution in [2.75, 3.05) is 18.8 Å². The highest BCUT2D eigenvalue weighted by molar-refractivity contribution is 7.99. The molecule has 4 rings (SSSR count). The number of rotatable bonds is 9. The minimum absolute atomic E-state index is 0.0247. The summed E-state index contributed by atoms with van der Waals surface area (Å²) in [5, 5.41) is 44.8. The molecule has 6 amide bonds. The summed E-state index contributed by atoms with van der Waals surface area (Å²) in [7, 11) is 0. The molecule has 19 nitrogen and oxygen atoms in total. The molecule has 0 saturated carbocycles. The van der Waals surface area contributed by atoms with Gasteiger partial charge < -0.3 is 63.3 Å². The number of unbranched alkanes of at least 4 members (excludes halogenated alkanes) is 1. The molecule has 1 fully saturated rings. The lowest BCUT2D eigenvalue weighted by atomic mass is 10.0. The molecule has 0 aliphatic carbocycles. The van der Waals surface area contributed by atoms with Gasteiger partial charge in [0, 0.05) is 29.6 Å². The molecule has 55 heavy (non-hydrogen) atoms. The third-order valence-electron chi connectivity index (χ3n) is 9.53. The number of H-pyrrole nitrogens is 1. The van der Waals surface area contributed by atoms with E-state index in [0.29, 0.717) is 40.9 Å². The minimum Gasteiger partial charge on any atom is -0.480 e. The Morgan fingerprint density at radius 1 is 1.00 bits per heavy atom. The monoisotopic (exact) mass is 789 g/mol. The number of aliphatic hydroxyl groups is 2. The molecule has 3 heterocycles. The van der Waals surface area contributed by atoms with Crippen molar-refractivity contribution in [2.24, 2.45) is 11.5 Å². The lowest BCUT2D eigenvalue weighted by Gasteiger charge is -2.30. The summed E-state index contributed by atoms with van der Waals surface area (Å²) < 4.78 is 0. The fraction of sp³-hybridized carbons (Fsp3) is 0.571. The van der Waals surface area contributed by atoms with Gasteiger partial charge in [-0.2, -0.15) is 0 Å². The first-order valence-corrected chi connectivity index (χ1v) is 19.1. The second-order valence-electron chi connectivity index (χ2n) is 13.9. The van der Waals surface area contributed by atoms with Crippen LogP contribution < -0.4 is 38.1 Å². The zero-order chi connectivity index (χ0) is 40.6. The highest BCUT2D eigenvalue weighted by atomic mass is 32.2. The summed E-state index contributed by atoms with van der Waals surface area (Å²) in [6.45, 7) is 4.22. The highest BCUT2D eigenvalue weighted by Crippen LogP contribution is 2.32. The Morgan fingerprint density at radius 2 is 1.71 bits per heavy atom. The van der Waals surface area contributed by atoms with E-state index in [9.17, 15) is 48.9 Å². The number of nitrogens with two attached hydrogens (primary N) is 2. The molecule has 0 bridgehead atoms. The van der Waals surface area contributed by atoms with E-state index in [4.69, 9.17) is 11.5 Å². The molecule has 9 atom stereocenters. The van der Waals surface area contributed by atoms with Gasteiger partial charge in [0.2, 0.25) is 35.4 Å². The molecule has 302 valence electrons. The number of carbonyl (C=O) groups is 7. The number of nitrogens with zero attached hydrogens (tertiary/aromatic N) is 1. The Bertz CT molecular complexity index is 1750. The summed E-state index contributed by atoms with van der Waals surface area (Å²) in [6, 6.07) is -2.29. The number of nitrogens with one attached hydrogen (secondary N) is 6. The van der Waals surface area contributed by atoms with Gasteiger partial charge in [0.05, 0.1) is 23.3 Å². The second kappa shape index (κ2) is 19.2. The van der Waals surface area contributed by atoms with Crippen molar-refractivity contribution in [3.63, 3.8) is 0 Å². The van der Waals surface area contributed by atoms with Crippen LogP contribution in [0.2, 0.25) is 0 Å². The highest BCUT2D eigenvalue weighted by Gasteiger charge is 2.44. The minimum atomic E-state index is -1.62. The van der Waals surface area contributed by atoms with Crippen molar-refractivity contribution in [2.45, 2.75) is 112 Å². The zero-order valence-electron chi connectivity index (χ0n) is 30.9. The number of aliphatic hydroxyl groups excluding tert-OH is 2. The average Bonchev–Trinajstić information content (AvgIpc) is 3.70. The van der Waals surface area contributed by atoms with E-state index in [1.165, 1.54) is 20.8 Å². The Hall–Kier alpha value is -4.76. The number of carbonyl (C=O) groups excluding carboxylic acids is 6. The van der Waals surface area contributed by atoms with E-state index in [-0.39, 0.29) is 31.6 Å². The molecule has 0 unspecified atom stereocenters. The number of thioether (sulfide) groups is 1. The summed E-state index contributed by atoms with van der Waals surface area (Å²) in [5.74, 6) is -6.46. The van der Waals surface area contributed by atoms with Gasteiger partial charge in [-0.05, 0) is 64.6 Å². The predicted octanol–water partition coefficient (Wildman–Crippen LogP) is -2.84. The molecular formula is C35H51N9O10S. The molecule has 13 N–H and O–H groups in total. The zero-order valence-corrected chi connectivity index (χ0v) is 31.7. The maximum Gasteiger partial charge on any atom is 0.329 e. The van der Waals surface area contributed by atoms with Crippen LogP contribution in [0.25, 0.3) is 10.9 Å².